The van der Waals surface area contributed by atoms with Crippen molar-refractivity contribution in [3.63, 3.8) is 0 Å². The molecule has 1 saturated heterocycles. The van der Waals surface area contributed by atoms with Crippen LogP contribution >= 0.6 is 0 Å². The molecular formula is C17H23N5O2S. The third-order valence-electron chi connectivity index (χ3n) is 6.21. The smallest absolute Gasteiger partial charge is 0.216 e. The number of H-pyrrole nitrogens is 1. The lowest BCUT2D eigenvalue weighted by atomic mass is 10.0. The van der Waals surface area contributed by atoms with Gasteiger partial charge in [0.1, 0.15) is 17.8 Å². The maximum atomic E-state index is 12.5. The molecule has 5 rings (SSSR count). The first-order chi connectivity index (χ1) is 12.0. The molecule has 134 valence electrons. The number of anilines is 1. The highest BCUT2D eigenvalue weighted by Gasteiger charge is 2.49. The van der Waals surface area contributed by atoms with E-state index in [-0.39, 0.29) is 5.25 Å². The Balaban J connectivity index is 1.32. The summed E-state index contributed by atoms with van der Waals surface area (Å²) in [5.41, 5.74) is 0.858. The van der Waals surface area contributed by atoms with Gasteiger partial charge < -0.3 is 9.88 Å². The summed E-state index contributed by atoms with van der Waals surface area (Å²) in [5, 5.41) is 0.952. The van der Waals surface area contributed by atoms with Crippen molar-refractivity contribution >= 4 is 26.9 Å². The van der Waals surface area contributed by atoms with Crippen LogP contribution in [0.15, 0.2) is 18.6 Å². The van der Waals surface area contributed by atoms with E-state index < -0.39 is 10.0 Å². The minimum Gasteiger partial charge on any atom is -0.356 e. The molecule has 1 aliphatic heterocycles. The van der Waals surface area contributed by atoms with Gasteiger partial charge in [-0.1, -0.05) is 0 Å². The highest BCUT2D eigenvalue weighted by atomic mass is 32.2. The molecule has 0 bridgehead atoms. The number of sulfonamides is 1. The van der Waals surface area contributed by atoms with Crippen LogP contribution in [0.2, 0.25) is 0 Å². The lowest BCUT2D eigenvalue weighted by molar-refractivity contribution is 0.432. The molecule has 7 nitrogen and oxygen atoms in total. The monoisotopic (exact) mass is 361 g/mol. The maximum absolute atomic E-state index is 12.5. The number of aromatic amines is 1. The third-order valence-corrected chi connectivity index (χ3v) is 8.54. The van der Waals surface area contributed by atoms with Crippen LogP contribution in [0.3, 0.4) is 0 Å². The Labute approximate surface area is 147 Å². The average Bonchev–Trinajstić information content (AvgIpc) is 3.03. The van der Waals surface area contributed by atoms with Crippen LogP contribution < -0.4 is 4.90 Å². The number of nitrogens with zero attached hydrogens (tertiary/aromatic N) is 4. The van der Waals surface area contributed by atoms with Crippen LogP contribution in [0.5, 0.6) is 0 Å². The van der Waals surface area contributed by atoms with Gasteiger partial charge >= 0.3 is 0 Å². The predicted molar refractivity (Wildman–Crippen MR) is 95.8 cm³/mol. The van der Waals surface area contributed by atoms with Gasteiger partial charge in [-0.3, -0.25) is 0 Å². The van der Waals surface area contributed by atoms with E-state index >= 15 is 0 Å². The highest BCUT2D eigenvalue weighted by Crippen LogP contribution is 2.44. The van der Waals surface area contributed by atoms with E-state index in [9.17, 15) is 8.42 Å². The molecule has 3 fully saturated rings. The minimum absolute atomic E-state index is 0.0901. The number of fused-ring (bicyclic) bond motifs is 2. The molecule has 0 spiro atoms. The highest BCUT2D eigenvalue weighted by molar-refractivity contribution is 7.90. The summed E-state index contributed by atoms with van der Waals surface area (Å²) >= 11 is 0. The Morgan fingerprint density at radius 1 is 1.20 bits per heavy atom. The van der Waals surface area contributed by atoms with E-state index in [4.69, 9.17) is 0 Å². The summed E-state index contributed by atoms with van der Waals surface area (Å²) in [7, 11) is -0.927. The van der Waals surface area contributed by atoms with Crippen LogP contribution in [0.1, 0.15) is 25.7 Å². The molecule has 0 radical (unpaired) electrons. The molecule has 3 heterocycles. The zero-order chi connectivity index (χ0) is 17.2. The second-order valence-corrected chi connectivity index (χ2v) is 9.97. The fourth-order valence-corrected chi connectivity index (χ4v) is 6.59. The molecule has 2 saturated carbocycles. The average molecular weight is 361 g/mol. The molecule has 0 aromatic carbocycles. The van der Waals surface area contributed by atoms with Crippen molar-refractivity contribution in [3.8, 4) is 0 Å². The zero-order valence-electron chi connectivity index (χ0n) is 14.3. The molecule has 2 aromatic rings. The van der Waals surface area contributed by atoms with Gasteiger partial charge in [-0.2, -0.15) is 0 Å². The third kappa shape index (κ3) is 2.45. The van der Waals surface area contributed by atoms with Crippen molar-refractivity contribution in [1.82, 2.24) is 19.3 Å². The number of aromatic nitrogens is 3. The van der Waals surface area contributed by atoms with Crippen molar-refractivity contribution in [2.24, 2.45) is 11.8 Å². The van der Waals surface area contributed by atoms with Gasteiger partial charge in [0.2, 0.25) is 10.0 Å². The second kappa shape index (κ2) is 5.41. The van der Waals surface area contributed by atoms with Crippen molar-refractivity contribution < 1.29 is 8.42 Å². The van der Waals surface area contributed by atoms with Crippen molar-refractivity contribution in [2.75, 3.05) is 25.0 Å². The van der Waals surface area contributed by atoms with Gasteiger partial charge in [0, 0.05) is 32.4 Å². The number of nitrogens with one attached hydrogen (secondary N) is 1. The summed E-state index contributed by atoms with van der Waals surface area (Å²) in [6.45, 7) is 1.41. The molecule has 25 heavy (non-hydrogen) atoms. The topological polar surface area (TPSA) is 82.2 Å². The zero-order valence-corrected chi connectivity index (χ0v) is 15.1. The summed E-state index contributed by atoms with van der Waals surface area (Å²) in [5.74, 6) is 1.91. The van der Waals surface area contributed by atoms with Gasteiger partial charge in [0.05, 0.1) is 10.6 Å². The Morgan fingerprint density at radius 2 is 1.92 bits per heavy atom. The summed E-state index contributed by atoms with van der Waals surface area (Å²) < 4.78 is 26.7. The normalized spacial score (nSPS) is 30.0. The van der Waals surface area contributed by atoms with E-state index in [1.54, 1.807) is 10.6 Å². The largest absolute Gasteiger partial charge is 0.356 e. The lowest BCUT2D eigenvalue weighted by Crippen LogP contribution is -2.35. The fraction of sp³-hybridized carbons (Fsp3) is 0.647. The standard InChI is InChI=1S/C17H23N5O2S/c1-21(17-15-4-5-18-16(15)19-10-20-17)13-6-11-8-22(9-12(11)7-13)25(23,24)14-2-3-14/h4-5,10-14H,2-3,6-9H2,1H3,(H,18,19,20). The Bertz CT molecular complexity index is 893. The predicted octanol–water partition coefficient (Wildman–Crippen LogP) is 1.60. The first-order valence-electron chi connectivity index (χ1n) is 9.04. The number of rotatable bonds is 4. The molecule has 2 aromatic heterocycles. The molecule has 1 N–H and O–H groups in total. The van der Waals surface area contributed by atoms with Crippen LogP contribution in [-0.2, 0) is 10.0 Å². The van der Waals surface area contributed by atoms with E-state index in [0.717, 1.165) is 42.5 Å². The van der Waals surface area contributed by atoms with E-state index in [1.807, 2.05) is 12.3 Å². The van der Waals surface area contributed by atoms with Gasteiger partial charge in [-0.05, 0) is 43.6 Å². The van der Waals surface area contributed by atoms with E-state index in [1.165, 1.54) is 0 Å². The molecule has 0 amide bonds. The van der Waals surface area contributed by atoms with Gasteiger partial charge in [-0.15, -0.1) is 0 Å². The number of hydrogen-bond acceptors (Lipinski definition) is 5. The molecule has 2 unspecified atom stereocenters. The Morgan fingerprint density at radius 3 is 2.60 bits per heavy atom. The fourth-order valence-electron chi connectivity index (χ4n) is 4.64. The molecule has 3 aliphatic rings. The van der Waals surface area contributed by atoms with E-state index in [2.05, 4.69) is 26.9 Å². The summed E-state index contributed by atoms with van der Waals surface area (Å²) in [6.07, 6.45) is 7.26. The Kier molecular flexibility index (Phi) is 3.37. The van der Waals surface area contributed by atoms with Crippen LogP contribution in [-0.4, -0.2) is 59.1 Å². The lowest BCUT2D eigenvalue weighted by Gasteiger charge is -2.27. The first-order valence-corrected chi connectivity index (χ1v) is 10.5. The van der Waals surface area contributed by atoms with Gasteiger partial charge in [-0.25, -0.2) is 22.7 Å². The van der Waals surface area contributed by atoms with Crippen LogP contribution in [0, 0.1) is 11.8 Å². The minimum atomic E-state index is -3.02. The van der Waals surface area contributed by atoms with Gasteiger partial charge in [0.15, 0.2) is 0 Å². The quantitative estimate of drug-likeness (QED) is 0.894. The number of hydrogen-bond donors (Lipinski definition) is 1. The molecule has 2 atom stereocenters. The molecular weight excluding hydrogens is 338 g/mol. The first kappa shape index (κ1) is 15.6. The van der Waals surface area contributed by atoms with Gasteiger partial charge in [0.25, 0.3) is 0 Å². The Hall–Kier alpha value is -1.67. The van der Waals surface area contributed by atoms with Crippen molar-refractivity contribution in [1.29, 1.82) is 0 Å². The van der Waals surface area contributed by atoms with E-state index in [0.29, 0.717) is 31.0 Å². The summed E-state index contributed by atoms with van der Waals surface area (Å²) in [6, 6.07) is 2.43. The van der Waals surface area contributed by atoms with Crippen molar-refractivity contribution in [2.45, 2.75) is 37.0 Å². The van der Waals surface area contributed by atoms with Crippen LogP contribution in [0.25, 0.3) is 11.0 Å². The van der Waals surface area contributed by atoms with Crippen molar-refractivity contribution in [3.05, 3.63) is 18.6 Å². The molecule has 2 aliphatic carbocycles. The molecule has 8 heteroatoms. The summed E-state index contributed by atoms with van der Waals surface area (Å²) in [4.78, 5) is 14.1. The second-order valence-electron chi connectivity index (χ2n) is 7.75. The van der Waals surface area contributed by atoms with Crippen LogP contribution in [0.4, 0.5) is 5.82 Å². The SMILES string of the molecule is CN(c1ncnc2[nH]ccc12)C1CC2CN(S(=O)(=O)C3CC3)CC2C1. The maximum Gasteiger partial charge on any atom is 0.216 e.